The number of hydrogen-bond donors (Lipinski definition) is 1. The van der Waals surface area contributed by atoms with Crippen molar-refractivity contribution in [2.45, 2.75) is 50.6 Å². The van der Waals surface area contributed by atoms with Crippen LogP contribution in [-0.2, 0) is 20.7 Å². The molecule has 7 nitrogen and oxygen atoms in total. The normalized spacial score (nSPS) is 19.3. The molecule has 172 valence electrons. The van der Waals surface area contributed by atoms with E-state index in [2.05, 4.69) is 0 Å². The monoisotopic (exact) mass is 458 g/mol. The molecule has 0 bridgehead atoms. The number of benzene rings is 2. The van der Waals surface area contributed by atoms with Crippen molar-refractivity contribution in [3.63, 3.8) is 0 Å². The fourth-order valence-electron chi connectivity index (χ4n) is 3.93. The topological polar surface area (TPSA) is 99.1 Å². The summed E-state index contributed by atoms with van der Waals surface area (Å²) in [6, 6.07) is 11.3. The van der Waals surface area contributed by atoms with Crippen LogP contribution in [0.25, 0.3) is 0 Å². The molecule has 0 fully saturated rings. The molecule has 0 aliphatic carbocycles. The van der Waals surface area contributed by atoms with Gasteiger partial charge in [-0.3, -0.25) is 4.79 Å². The zero-order valence-electron chi connectivity index (χ0n) is 17.8. The Morgan fingerprint density at radius 3 is 2.73 bits per heavy atom. The van der Waals surface area contributed by atoms with Crippen LogP contribution in [-0.4, -0.2) is 35.8 Å². The van der Waals surface area contributed by atoms with Crippen LogP contribution in [0.1, 0.15) is 64.3 Å². The second-order valence-electron chi connectivity index (χ2n) is 8.31. The molecule has 0 amide bonds. The van der Waals surface area contributed by atoms with Crippen molar-refractivity contribution < 1.29 is 42.3 Å². The summed E-state index contributed by atoms with van der Waals surface area (Å²) in [5, 5.41) is 10.4. The Bertz CT molecular complexity index is 1100. The van der Waals surface area contributed by atoms with E-state index < -0.39 is 49.3 Å². The number of fused-ring (bicyclic) bond motifs is 2. The lowest BCUT2D eigenvalue weighted by Gasteiger charge is -2.28. The molecular weight excluding hydrogens is 437 g/mol. The number of para-hydroxylation sites is 1. The number of alkyl halides is 2. The lowest BCUT2D eigenvalue weighted by Crippen LogP contribution is -2.36. The van der Waals surface area contributed by atoms with Gasteiger partial charge in [-0.15, -0.1) is 0 Å². The standard InChI is InChI=1S/C23H21BF2O7/c1-23(25,26)10-9-15(27)12-14-11-13-5-4-8-18(19(13)33-24(14)30)21(29)32-22-17-7-3-2-6-16(17)20(28)31-22/h2-8,14,22,30H,9-12H2,1H3/t14-,22?/m1/s1. The molecule has 33 heavy (non-hydrogen) atoms. The van der Waals surface area contributed by atoms with E-state index in [-0.39, 0.29) is 30.6 Å². The van der Waals surface area contributed by atoms with Crippen LogP contribution in [0, 0.1) is 0 Å². The van der Waals surface area contributed by atoms with Crippen molar-refractivity contribution in [1.29, 1.82) is 0 Å². The highest BCUT2D eigenvalue weighted by molar-refractivity contribution is 6.47. The molecule has 10 heteroatoms. The van der Waals surface area contributed by atoms with Crippen LogP contribution < -0.4 is 4.65 Å². The number of ether oxygens (including phenoxy) is 2. The average Bonchev–Trinajstić information content (AvgIpc) is 3.07. The molecule has 1 unspecified atom stereocenters. The van der Waals surface area contributed by atoms with Crippen LogP contribution in [0.3, 0.4) is 0 Å². The molecule has 2 heterocycles. The second kappa shape index (κ2) is 8.94. The summed E-state index contributed by atoms with van der Waals surface area (Å²) in [5.74, 6) is -5.27. The largest absolute Gasteiger partial charge is 0.535 e. The summed E-state index contributed by atoms with van der Waals surface area (Å²) >= 11 is 0. The first-order chi connectivity index (χ1) is 15.6. The highest BCUT2D eigenvalue weighted by atomic mass is 19.3. The lowest BCUT2D eigenvalue weighted by molar-refractivity contribution is -0.121. The predicted octanol–water partition coefficient (Wildman–Crippen LogP) is 3.89. The van der Waals surface area contributed by atoms with E-state index in [0.29, 0.717) is 16.7 Å². The van der Waals surface area contributed by atoms with E-state index in [9.17, 15) is 28.2 Å². The number of halogens is 2. The average molecular weight is 458 g/mol. The molecule has 0 spiro atoms. The van der Waals surface area contributed by atoms with Gasteiger partial charge in [0, 0.05) is 30.6 Å². The van der Waals surface area contributed by atoms with E-state index in [1.54, 1.807) is 36.4 Å². The summed E-state index contributed by atoms with van der Waals surface area (Å²) in [7, 11) is -1.40. The fraction of sp³-hybridized carbons (Fsp3) is 0.348. The minimum Gasteiger partial charge on any atom is -0.535 e. The van der Waals surface area contributed by atoms with Crippen LogP contribution >= 0.6 is 0 Å². The van der Waals surface area contributed by atoms with Gasteiger partial charge in [0.1, 0.15) is 17.1 Å². The maximum Gasteiger partial charge on any atom is 0.526 e. The van der Waals surface area contributed by atoms with Gasteiger partial charge in [0.15, 0.2) is 0 Å². The third kappa shape index (κ3) is 5.06. The predicted molar refractivity (Wildman–Crippen MR) is 112 cm³/mol. The van der Waals surface area contributed by atoms with Gasteiger partial charge in [-0.05, 0) is 31.0 Å². The molecule has 0 aromatic heterocycles. The first-order valence-corrected chi connectivity index (χ1v) is 10.5. The summed E-state index contributed by atoms with van der Waals surface area (Å²) in [5.41, 5.74) is 1.34. The molecule has 2 aliphatic rings. The molecule has 1 N–H and O–H groups in total. The maximum absolute atomic E-state index is 13.0. The smallest absolute Gasteiger partial charge is 0.526 e. The lowest BCUT2D eigenvalue weighted by atomic mass is 9.64. The number of carbonyl (C=O) groups excluding carboxylic acids is 3. The van der Waals surface area contributed by atoms with E-state index >= 15 is 0 Å². The van der Waals surface area contributed by atoms with Crippen molar-refractivity contribution in [1.82, 2.24) is 0 Å². The summed E-state index contributed by atoms with van der Waals surface area (Å²) < 4.78 is 42.1. The maximum atomic E-state index is 13.0. The van der Waals surface area contributed by atoms with Crippen molar-refractivity contribution in [3.8, 4) is 5.75 Å². The van der Waals surface area contributed by atoms with Gasteiger partial charge in [-0.2, -0.15) is 0 Å². The Morgan fingerprint density at radius 2 is 1.97 bits per heavy atom. The molecule has 2 aliphatic heterocycles. The van der Waals surface area contributed by atoms with Crippen molar-refractivity contribution in [2.24, 2.45) is 0 Å². The first-order valence-electron chi connectivity index (χ1n) is 10.5. The van der Waals surface area contributed by atoms with E-state index in [1.807, 2.05) is 0 Å². The van der Waals surface area contributed by atoms with Gasteiger partial charge >= 0.3 is 19.1 Å². The molecule has 4 rings (SSSR count). The molecule has 2 atom stereocenters. The Hall–Kier alpha value is -3.27. The van der Waals surface area contributed by atoms with Crippen LogP contribution in [0.4, 0.5) is 8.78 Å². The molecule has 2 aromatic carbocycles. The van der Waals surface area contributed by atoms with Crippen molar-refractivity contribution in [2.75, 3.05) is 0 Å². The number of hydrogen-bond acceptors (Lipinski definition) is 7. The van der Waals surface area contributed by atoms with E-state index in [1.165, 1.54) is 6.07 Å². The van der Waals surface area contributed by atoms with Gasteiger partial charge in [0.05, 0.1) is 5.56 Å². The fourth-order valence-corrected chi connectivity index (χ4v) is 3.93. The molecular formula is C23H21BF2O7. The summed E-state index contributed by atoms with van der Waals surface area (Å²) in [6.45, 7) is 0.751. The minimum atomic E-state index is -2.94. The van der Waals surface area contributed by atoms with Gasteiger partial charge < -0.3 is 19.2 Å². The number of cyclic esters (lactones) is 1. The molecule has 0 radical (unpaired) electrons. The van der Waals surface area contributed by atoms with Crippen LogP contribution in [0.5, 0.6) is 5.75 Å². The summed E-state index contributed by atoms with van der Waals surface area (Å²) in [6.07, 6.45) is -1.97. The van der Waals surface area contributed by atoms with E-state index in [0.717, 1.165) is 6.92 Å². The third-order valence-corrected chi connectivity index (χ3v) is 5.64. The Morgan fingerprint density at radius 1 is 1.21 bits per heavy atom. The third-order valence-electron chi connectivity index (χ3n) is 5.64. The number of ketones is 1. The second-order valence-corrected chi connectivity index (χ2v) is 8.31. The number of rotatable bonds is 7. The van der Waals surface area contributed by atoms with Crippen LogP contribution in [0.15, 0.2) is 42.5 Å². The molecule has 2 aromatic rings. The highest BCUT2D eigenvalue weighted by Gasteiger charge is 2.39. The number of carbonyl (C=O) groups is 3. The molecule has 0 saturated carbocycles. The van der Waals surface area contributed by atoms with Gasteiger partial charge in [-0.1, -0.05) is 30.3 Å². The quantitative estimate of drug-likeness (QED) is 0.497. The Kier molecular flexibility index (Phi) is 6.20. The van der Waals surface area contributed by atoms with Gasteiger partial charge in [-0.25, -0.2) is 18.4 Å². The number of Topliss-reactive ketones (excluding diaryl/α,β-unsaturated/α-hetero) is 1. The SMILES string of the molecule is CC(F)(F)CCC(=O)C[C@H]1Cc2cccc(C(=O)OC3OC(=O)c4ccccc43)c2OB1O. The first kappa shape index (κ1) is 22.9. The molecule has 0 saturated heterocycles. The minimum absolute atomic E-state index is 0.0300. The van der Waals surface area contributed by atoms with Crippen LogP contribution in [0.2, 0.25) is 5.82 Å². The number of esters is 2. The van der Waals surface area contributed by atoms with E-state index in [4.69, 9.17) is 14.1 Å². The Labute approximate surface area is 188 Å². The van der Waals surface area contributed by atoms with Crippen molar-refractivity contribution in [3.05, 3.63) is 64.7 Å². The zero-order chi connectivity index (χ0) is 23.8. The van der Waals surface area contributed by atoms with Gasteiger partial charge in [0.2, 0.25) is 5.92 Å². The summed E-state index contributed by atoms with van der Waals surface area (Å²) in [4.78, 5) is 36.9. The van der Waals surface area contributed by atoms with Crippen molar-refractivity contribution >= 4 is 24.8 Å². The zero-order valence-corrected chi connectivity index (χ0v) is 17.8. The Balaban J connectivity index is 1.46. The van der Waals surface area contributed by atoms with Gasteiger partial charge in [0.25, 0.3) is 6.29 Å². The highest BCUT2D eigenvalue weighted by Crippen LogP contribution is 2.38.